The van der Waals surface area contributed by atoms with E-state index < -0.39 is 5.91 Å². The maximum absolute atomic E-state index is 11.2. The van der Waals surface area contributed by atoms with Crippen LogP contribution in [0.2, 0.25) is 0 Å². The SMILES string of the molecule is CC1CN(CCN2CCC(c3ncc(C(N)=O)[nH]3)CC2)CC(C)O1. The topological polar surface area (TPSA) is 87.5 Å². The molecule has 3 N–H and O–H groups in total. The van der Waals surface area contributed by atoms with Gasteiger partial charge < -0.3 is 20.4 Å². The van der Waals surface area contributed by atoms with Gasteiger partial charge in [0.2, 0.25) is 0 Å². The van der Waals surface area contributed by atoms with E-state index in [1.807, 2.05) is 0 Å². The maximum atomic E-state index is 11.2. The van der Waals surface area contributed by atoms with E-state index in [0.29, 0.717) is 23.8 Å². The zero-order chi connectivity index (χ0) is 17.1. The smallest absolute Gasteiger partial charge is 0.266 e. The molecule has 0 radical (unpaired) electrons. The van der Waals surface area contributed by atoms with Crippen molar-refractivity contribution in [3.8, 4) is 0 Å². The van der Waals surface area contributed by atoms with Gasteiger partial charge in [0.1, 0.15) is 11.5 Å². The molecule has 2 aliphatic heterocycles. The van der Waals surface area contributed by atoms with E-state index in [1.165, 1.54) is 0 Å². The highest BCUT2D eigenvalue weighted by Crippen LogP contribution is 2.25. The lowest BCUT2D eigenvalue weighted by Gasteiger charge is -2.37. The first kappa shape index (κ1) is 17.4. The van der Waals surface area contributed by atoms with Crippen LogP contribution in [-0.2, 0) is 4.74 Å². The zero-order valence-corrected chi connectivity index (χ0v) is 14.7. The van der Waals surface area contributed by atoms with Crippen LogP contribution in [0.1, 0.15) is 48.9 Å². The highest BCUT2D eigenvalue weighted by Gasteiger charge is 2.25. The Balaban J connectivity index is 1.42. The number of ether oxygens (including phenoxy) is 1. The molecular weight excluding hydrogens is 306 g/mol. The fraction of sp³-hybridized carbons (Fsp3) is 0.765. The van der Waals surface area contributed by atoms with E-state index in [1.54, 1.807) is 6.20 Å². The molecule has 1 aromatic rings. The Hall–Kier alpha value is -1.44. The highest BCUT2D eigenvalue weighted by atomic mass is 16.5. The predicted octanol–water partition coefficient (Wildman–Crippen LogP) is 0.797. The molecule has 0 aliphatic carbocycles. The highest BCUT2D eigenvalue weighted by molar-refractivity contribution is 5.90. The maximum Gasteiger partial charge on any atom is 0.266 e. The number of rotatable bonds is 5. The molecule has 2 unspecified atom stereocenters. The molecule has 134 valence electrons. The Labute approximate surface area is 143 Å². The third-order valence-electron chi connectivity index (χ3n) is 5.06. The van der Waals surface area contributed by atoms with Gasteiger partial charge in [-0.05, 0) is 39.8 Å². The lowest BCUT2D eigenvalue weighted by Crippen LogP contribution is -2.48. The summed E-state index contributed by atoms with van der Waals surface area (Å²) >= 11 is 0. The average molecular weight is 335 g/mol. The number of primary amides is 1. The number of aromatic nitrogens is 2. The lowest BCUT2D eigenvalue weighted by molar-refractivity contribution is -0.0696. The molecule has 1 amide bonds. The van der Waals surface area contributed by atoms with Crippen LogP contribution < -0.4 is 5.73 Å². The number of hydrogen-bond donors (Lipinski definition) is 2. The first-order valence-electron chi connectivity index (χ1n) is 8.96. The monoisotopic (exact) mass is 335 g/mol. The molecule has 0 saturated carbocycles. The number of carbonyl (C=O) groups is 1. The molecule has 2 fully saturated rings. The van der Waals surface area contributed by atoms with E-state index in [2.05, 4.69) is 33.6 Å². The summed E-state index contributed by atoms with van der Waals surface area (Å²) < 4.78 is 5.79. The summed E-state index contributed by atoms with van der Waals surface area (Å²) in [6.45, 7) is 10.7. The molecule has 2 saturated heterocycles. The van der Waals surface area contributed by atoms with Crippen molar-refractivity contribution >= 4 is 5.91 Å². The fourth-order valence-electron chi connectivity index (χ4n) is 3.85. The van der Waals surface area contributed by atoms with Crippen LogP contribution in [0.5, 0.6) is 0 Å². The van der Waals surface area contributed by atoms with Crippen LogP contribution >= 0.6 is 0 Å². The average Bonchev–Trinajstić information content (AvgIpc) is 3.03. The predicted molar refractivity (Wildman–Crippen MR) is 92.0 cm³/mol. The number of nitrogens with one attached hydrogen (secondary N) is 1. The van der Waals surface area contributed by atoms with Gasteiger partial charge in [0.25, 0.3) is 5.91 Å². The number of nitrogens with two attached hydrogens (primary N) is 1. The standard InChI is InChI=1S/C17H29N5O2/c1-12-10-22(11-13(2)24-12)8-7-21-5-3-14(4-6-21)17-19-9-15(20-17)16(18)23/h9,12-14H,3-8,10-11H2,1-2H3,(H2,18,23)(H,19,20). The van der Waals surface area contributed by atoms with Crippen LogP contribution in [0.25, 0.3) is 0 Å². The normalized spacial score (nSPS) is 27.4. The minimum atomic E-state index is -0.444. The minimum Gasteiger partial charge on any atom is -0.373 e. The number of imidazole rings is 1. The van der Waals surface area contributed by atoms with Crippen molar-refractivity contribution in [2.75, 3.05) is 39.3 Å². The molecule has 3 heterocycles. The third-order valence-corrected chi connectivity index (χ3v) is 5.06. The Kier molecular flexibility index (Phi) is 5.53. The van der Waals surface area contributed by atoms with Crippen LogP contribution in [0, 0.1) is 0 Å². The van der Waals surface area contributed by atoms with Gasteiger partial charge in [-0.15, -0.1) is 0 Å². The van der Waals surface area contributed by atoms with Gasteiger partial charge in [-0.3, -0.25) is 9.69 Å². The van der Waals surface area contributed by atoms with Crippen molar-refractivity contribution < 1.29 is 9.53 Å². The molecule has 0 bridgehead atoms. The zero-order valence-electron chi connectivity index (χ0n) is 14.7. The van der Waals surface area contributed by atoms with Crippen LogP contribution in [-0.4, -0.2) is 77.2 Å². The molecule has 24 heavy (non-hydrogen) atoms. The van der Waals surface area contributed by atoms with Gasteiger partial charge in [0.15, 0.2) is 0 Å². The van der Waals surface area contributed by atoms with Crippen molar-refractivity contribution in [2.24, 2.45) is 5.73 Å². The summed E-state index contributed by atoms with van der Waals surface area (Å²) in [7, 11) is 0. The van der Waals surface area contributed by atoms with Crippen LogP contribution in [0.3, 0.4) is 0 Å². The molecule has 2 aliphatic rings. The number of aromatic amines is 1. The molecule has 2 atom stereocenters. The van der Waals surface area contributed by atoms with E-state index >= 15 is 0 Å². The van der Waals surface area contributed by atoms with Gasteiger partial charge in [0, 0.05) is 32.1 Å². The Morgan fingerprint density at radius 2 is 1.88 bits per heavy atom. The van der Waals surface area contributed by atoms with Crippen molar-refractivity contribution in [3.05, 3.63) is 17.7 Å². The second kappa shape index (κ2) is 7.63. The summed E-state index contributed by atoms with van der Waals surface area (Å²) in [5.41, 5.74) is 5.68. The van der Waals surface area contributed by atoms with Crippen molar-refractivity contribution in [2.45, 2.75) is 44.8 Å². The summed E-state index contributed by atoms with van der Waals surface area (Å²) in [5, 5.41) is 0. The molecular formula is C17H29N5O2. The number of morpholine rings is 1. The van der Waals surface area contributed by atoms with Gasteiger partial charge in [-0.25, -0.2) is 4.98 Å². The fourth-order valence-corrected chi connectivity index (χ4v) is 3.85. The van der Waals surface area contributed by atoms with Gasteiger partial charge in [0.05, 0.1) is 18.4 Å². The van der Waals surface area contributed by atoms with Crippen LogP contribution in [0.15, 0.2) is 6.20 Å². The summed E-state index contributed by atoms with van der Waals surface area (Å²) in [5.74, 6) is 0.859. The number of amides is 1. The lowest BCUT2D eigenvalue weighted by atomic mass is 9.96. The van der Waals surface area contributed by atoms with Gasteiger partial charge in [-0.1, -0.05) is 0 Å². The molecule has 0 spiro atoms. The van der Waals surface area contributed by atoms with Gasteiger partial charge in [-0.2, -0.15) is 0 Å². The number of likely N-dealkylation sites (tertiary alicyclic amines) is 1. The quantitative estimate of drug-likeness (QED) is 0.831. The second-order valence-electron chi connectivity index (χ2n) is 7.18. The van der Waals surface area contributed by atoms with Crippen molar-refractivity contribution in [3.63, 3.8) is 0 Å². The largest absolute Gasteiger partial charge is 0.373 e. The van der Waals surface area contributed by atoms with E-state index in [4.69, 9.17) is 10.5 Å². The molecule has 7 nitrogen and oxygen atoms in total. The van der Waals surface area contributed by atoms with Crippen molar-refractivity contribution in [1.29, 1.82) is 0 Å². The van der Waals surface area contributed by atoms with E-state index in [-0.39, 0.29) is 0 Å². The number of carbonyl (C=O) groups excluding carboxylic acids is 1. The number of piperidine rings is 1. The Morgan fingerprint density at radius 1 is 1.25 bits per heavy atom. The summed E-state index contributed by atoms with van der Waals surface area (Å²) in [6, 6.07) is 0. The van der Waals surface area contributed by atoms with Gasteiger partial charge >= 0.3 is 0 Å². The van der Waals surface area contributed by atoms with Crippen molar-refractivity contribution in [1.82, 2.24) is 19.8 Å². The first-order valence-corrected chi connectivity index (χ1v) is 8.96. The number of H-pyrrole nitrogens is 1. The molecule has 1 aromatic heterocycles. The third kappa shape index (κ3) is 4.34. The number of nitrogens with zero attached hydrogens (tertiary/aromatic N) is 3. The number of hydrogen-bond acceptors (Lipinski definition) is 5. The molecule has 3 rings (SSSR count). The Morgan fingerprint density at radius 3 is 2.46 bits per heavy atom. The minimum absolute atomic E-state index is 0.331. The second-order valence-corrected chi connectivity index (χ2v) is 7.18. The summed E-state index contributed by atoms with van der Waals surface area (Å²) in [6.07, 6.45) is 4.35. The Bertz CT molecular complexity index is 543. The first-order chi connectivity index (χ1) is 11.5. The van der Waals surface area contributed by atoms with E-state index in [9.17, 15) is 4.79 Å². The molecule has 0 aromatic carbocycles. The molecule has 7 heteroatoms. The van der Waals surface area contributed by atoms with E-state index in [0.717, 1.165) is 57.9 Å². The van der Waals surface area contributed by atoms with Crippen LogP contribution in [0.4, 0.5) is 0 Å². The summed E-state index contributed by atoms with van der Waals surface area (Å²) in [4.78, 5) is 23.6.